The van der Waals surface area contributed by atoms with Crippen LogP contribution in [0.25, 0.3) is 11.5 Å². The molecule has 0 saturated carbocycles. The molecule has 2 aromatic rings. The van der Waals surface area contributed by atoms with Gasteiger partial charge in [0, 0.05) is 5.56 Å². The molecule has 0 aromatic carbocycles. The number of hydrogen-bond acceptors (Lipinski definition) is 5. The number of carbonyl (C=O) groups is 1. The van der Waals surface area contributed by atoms with Gasteiger partial charge in [0.15, 0.2) is 6.29 Å². The standard InChI is InChI=1S/C7H4ClN5O/c8-5-2-1-4(3-14)6(9-5)7-10-12-13-11-7/h1-3H,(H,10,11,12,13). The fourth-order valence-electron chi connectivity index (χ4n) is 0.982. The Balaban J connectivity index is 2.61. The zero-order chi connectivity index (χ0) is 9.97. The van der Waals surface area contributed by atoms with Crippen molar-refractivity contribution >= 4 is 17.9 Å². The van der Waals surface area contributed by atoms with Crippen LogP contribution in [0, 0.1) is 0 Å². The molecule has 0 spiro atoms. The summed E-state index contributed by atoms with van der Waals surface area (Å²) >= 11 is 5.68. The Kier molecular flexibility index (Phi) is 2.19. The zero-order valence-electron chi connectivity index (χ0n) is 6.81. The maximum Gasteiger partial charge on any atom is 0.223 e. The topological polar surface area (TPSA) is 84.4 Å². The third kappa shape index (κ3) is 1.47. The van der Waals surface area contributed by atoms with Gasteiger partial charge in [0.25, 0.3) is 0 Å². The Bertz CT molecular complexity index is 455. The summed E-state index contributed by atoms with van der Waals surface area (Å²) < 4.78 is 0. The van der Waals surface area contributed by atoms with Crippen LogP contribution in [0.3, 0.4) is 0 Å². The average molecular weight is 210 g/mol. The van der Waals surface area contributed by atoms with Gasteiger partial charge in [0.1, 0.15) is 10.8 Å². The monoisotopic (exact) mass is 209 g/mol. The molecule has 2 heterocycles. The minimum Gasteiger partial charge on any atom is -0.298 e. The van der Waals surface area contributed by atoms with E-state index in [1.165, 1.54) is 6.07 Å². The Labute approximate surface area is 83.3 Å². The molecule has 1 N–H and O–H groups in total. The van der Waals surface area contributed by atoms with Gasteiger partial charge >= 0.3 is 0 Å². The number of rotatable bonds is 2. The molecular weight excluding hydrogens is 206 g/mol. The van der Waals surface area contributed by atoms with E-state index in [1.807, 2.05) is 0 Å². The van der Waals surface area contributed by atoms with Gasteiger partial charge in [-0.3, -0.25) is 4.79 Å². The van der Waals surface area contributed by atoms with Gasteiger partial charge in [-0.2, -0.15) is 5.21 Å². The first-order valence-electron chi connectivity index (χ1n) is 3.67. The SMILES string of the molecule is O=Cc1ccc(Cl)nc1-c1nn[nH]n1. The summed E-state index contributed by atoms with van der Waals surface area (Å²) in [4.78, 5) is 14.6. The maximum absolute atomic E-state index is 10.7. The van der Waals surface area contributed by atoms with Crippen LogP contribution in [-0.4, -0.2) is 31.9 Å². The van der Waals surface area contributed by atoms with Crippen LogP contribution < -0.4 is 0 Å². The summed E-state index contributed by atoms with van der Waals surface area (Å²) in [6.07, 6.45) is 0.662. The summed E-state index contributed by atoms with van der Waals surface area (Å²) in [6, 6.07) is 3.07. The molecule has 0 aliphatic carbocycles. The fraction of sp³-hybridized carbons (Fsp3) is 0. The van der Waals surface area contributed by atoms with Gasteiger partial charge in [-0.15, -0.1) is 10.2 Å². The van der Waals surface area contributed by atoms with E-state index < -0.39 is 0 Å². The lowest BCUT2D eigenvalue weighted by molar-refractivity contribution is 0.112. The van der Waals surface area contributed by atoms with Crippen LogP contribution in [0.5, 0.6) is 0 Å². The lowest BCUT2D eigenvalue weighted by Crippen LogP contribution is -1.93. The quantitative estimate of drug-likeness (QED) is 0.582. The van der Waals surface area contributed by atoms with E-state index in [1.54, 1.807) is 6.07 Å². The molecule has 0 saturated heterocycles. The molecule has 14 heavy (non-hydrogen) atoms. The molecule has 7 heteroatoms. The second-order valence-electron chi connectivity index (χ2n) is 2.43. The maximum atomic E-state index is 10.7. The molecule has 0 radical (unpaired) electrons. The number of nitrogens with one attached hydrogen (secondary N) is 1. The third-order valence-corrected chi connectivity index (χ3v) is 1.79. The van der Waals surface area contributed by atoms with Crippen molar-refractivity contribution in [1.29, 1.82) is 0 Å². The van der Waals surface area contributed by atoms with Crippen LogP contribution in [0.1, 0.15) is 10.4 Å². The van der Waals surface area contributed by atoms with Crippen LogP contribution in [-0.2, 0) is 0 Å². The minimum absolute atomic E-state index is 0.245. The second-order valence-corrected chi connectivity index (χ2v) is 2.81. The van der Waals surface area contributed by atoms with Gasteiger partial charge in [-0.1, -0.05) is 11.6 Å². The van der Waals surface area contributed by atoms with E-state index in [9.17, 15) is 4.79 Å². The van der Waals surface area contributed by atoms with Crippen molar-refractivity contribution < 1.29 is 4.79 Å². The van der Waals surface area contributed by atoms with Crippen molar-refractivity contribution in [3.8, 4) is 11.5 Å². The third-order valence-electron chi connectivity index (χ3n) is 1.58. The largest absolute Gasteiger partial charge is 0.298 e. The molecule has 0 aliphatic heterocycles. The van der Waals surface area contributed by atoms with Crippen LogP contribution in [0.2, 0.25) is 5.15 Å². The number of carbonyl (C=O) groups excluding carboxylic acids is 1. The lowest BCUT2D eigenvalue weighted by Gasteiger charge is -1.97. The Morgan fingerprint density at radius 2 is 2.29 bits per heavy atom. The molecule has 0 aliphatic rings. The average Bonchev–Trinajstić information content (AvgIpc) is 2.70. The second kappa shape index (κ2) is 3.51. The number of aromatic amines is 1. The summed E-state index contributed by atoms with van der Waals surface area (Å²) in [5.74, 6) is 0.245. The van der Waals surface area contributed by atoms with Crippen molar-refractivity contribution in [3.05, 3.63) is 22.8 Å². The van der Waals surface area contributed by atoms with Crippen molar-refractivity contribution in [2.75, 3.05) is 0 Å². The van der Waals surface area contributed by atoms with Crippen LogP contribution in [0.4, 0.5) is 0 Å². The van der Waals surface area contributed by atoms with Gasteiger partial charge in [-0.05, 0) is 17.3 Å². The molecule has 2 rings (SSSR count). The highest BCUT2D eigenvalue weighted by Gasteiger charge is 2.10. The first kappa shape index (κ1) is 8.76. The first-order valence-corrected chi connectivity index (χ1v) is 4.04. The normalized spacial score (nSPS) is 10.1. The summed E-state index contributed by atoms with van der Waals surface area (Å²) in [7, 11) is 0. The van der Waals surface area contributed by atoms with Gasteiger partial charge < -0.3 is 0 Å². The molecule has 0 atom stereocenters. The van der Waals surface area contributed by atoms with E-state index in [2.05, 4.69) is 25.6 Å². The Morgan fingerprint density at radius 1 is 1.43 bits per heavy atom. The highest BCUT2D eigenvalue weighted by Crippen LogP contribution is 2.17. The molecule has 6 nitrogen and oxygen atoms in total. The molecule has 2 aromatic heterocycles. The number of H-pyrrole nitrogens is 1. The number of aldehydes is 1. The van der Waals surface area contributed by atoms with E-state index >= 15 is 0 Å². The number of pyridine rings is 1. The molecule has 0 unspecified atom stereocenters. The summed E-state index contributed by atoms with van der Waals surface area (Å²) in [5, 5.41) is 13.3. The van der Waals surface area contributed by atoms with Crippen molar-refractivity contribution in [2.24, 2.45) is 0 Å². The molecule has 0 fully saturated rings. The van der Waals surface area contributed by atoms with Gasteiger partial charge in [0.2, 0.25) is 5.82 Å². The van der Waals surface area contributed by atoms with Crippen LogP contribution in [0.15, 0.2) is 12.1 Å². The minimum atomic E-state index is 0.245. The van der Waals surface area contributed by atoms with Crippen molar-refractivity contribution in [3.63, 3.8) is 0 Å². The number of aromatic nitrogens is 5. The number of nitrogens with zero attached hydrogens (tertiary/aromatic N) is 4. The van der Waals surface area contributed by atoms with Crippen LogP contribution >= 0.6 is 11.6 Å². The van der Waals surface area contributed by atoms with Gasteiger partial charge in [0.05, 0.1) is 0 Å². The number of halogens is 1. The fourth-order valence-corrected chi connectivity index (χ4v) is 1.13. The number of tetrazole rings is 1. The summed E-state index contributed by atoms with van der Waals surface area (Å²) in [6.45, 7) is 0. The lowest BCUT2D eigenvalue weighted by atomic mass is 10.2. The highest BCUT2D eigenvalue weighted by molar-refractivity contribution is 6.29. The molecule has 70 valence electrons. The van der Waals surface area contributed by atoms with E-state index in [-0.39, 0.29) is 11.0 Å². The Morgan fingerprint density at radius 3 is 2.93 bits per heavy atom. The highest BCUT2D eigenvalue weighted by atomic mass is 35.5. The predicted molar refractivity (Wildman–Crippen MR) is 47.8 cm³/mol. The molecule has 0 bridgehead atoms. The molecule has 0 amide bonds. The summed E-state index contributed by atoms with van der Waals surface area (Å²) in [5.41, 5.74) is 0.692. The smallest absolute Gasteiger partial charge is 0.223 e. The molecular formula is C7H4ClN5O. The van der Waals surface area contributed by atoms with Crippen molar-refractivity contribution in [1.82, 2.24) is 25.6 Å². The number of hydrogen-bond donors (Lipinski definition) is 1. The van der Waals surface area contributed by atoms with E-state index in [4.69, 9.17) is 11.6 Å². The first-order chi connectivity index (χ1) is 6.81. The Hall–Kier alpha value is -1.82. The van der Waals surface area contributed by atoms with E-state index in [0.29, 0.717) is 17.5 Å². The van der Waals surface area contributed by atoms with Crippen molar-refractivity contribution in [2.45, 2.75) is 0 Å². The van der Waals surface area contributed by atoms with E-state index in [0.717, 1.165) is 0 Å². The predicted octanol–water partition coefficient (Wildman–Crippen LogP) is 0.728. The zero-order valence-corrected chi connectivity index (χ0v) is 7.56. The van der Waals surface area contributed by atoms with Gasteiger partial charge in [-0.25, -0.2) is 4.98 Å².